The fourth-order valence-electron chi connectivity index (χ4n) is 1.65. The molecule has 0 aliphatic rings. The smallest absolute Gasteiger partial charge is 0.206 e. The van der Waals surface area contributed by atoms with Crippen molar-refractivity contribution in [3.8, 4) is 0 Å². The number of halogens is 1. The van der Waals surface area contributed by atoms with Crippen molar-refractivity contribution in [2.24, 2.45) is 0 Å². The summed E-state index contributed by atoms with van der Waals surface area (Å²) in [7, 11) is -3.42. The van der Waals surface area contributed by atoms with Crippen molar-refractivity contribution in [3.05, 3.63) is 60.2 Å². The molecule has 4 heteroatoms. The van der Waals surface area contributed by atoms with E-state index in [2.05, 4.69) is 0 Å². The Bertz CT molecular complexity index is 617. The molecule has 0 aliphatic carbocycles. The van der Waals surface area contributed by atoms with Crippen molar-refractivity contribution in [2.45, 2.75) is 22.1 Å². The average molecular weight is 281 g/mol. The normalized spacial score (nSPS) is 13.2. The molecule has 94 valence electrons. The average Bonchev–Trinajstić information content (AvgIpc) is 2.40. The quantitative estimate of drug-likeness (QED) is 0.801. The Kier molecular flexibility index (Phi) is 3.73. The van der Waals surface area contributed by atoms with Gasteiger partial charge in [-0.05, 0) is 36.8 Å². The lowest BCUT2D eigenvalue weighted by Crippen LogP contribution is -2.01. The molecule has 2 nitrogen and oxygen atoms in total. The van der Waals surface area contributed by atoms with Crippen LogP contribution in [0, 0.1) is 0 Å². The van der Waals surface area contributed by atoms with Crippen LogP contribution in [0.3, 0.4) is 0 Å². The first kappa shape index (κ1) is 13.1. The fraction of sp³-hybridized carbons (Fsp3) is 0.143. The van der Waals surface area contributed by atoms with Gasteiger partial charge in [0.15, 0.2) is 0 Å². The van der Waals surface area contributed by atoms with Crippen LogP contribution in [-0.2, 0) is 9.84 Å². The third-order valence-electron chi connectivity index (χ3n) is 2.70. The van der Waals surface area contributed by atoms with Crippen LogP contribution in [0.2, 0.25) is 0 Å². The predicted molar refractivity (Wildman–Crippen MR) is 72.6 cm³/mol. The van der Waals surface area contributed by atoms with Gasteiger partial charge in [-0.1, -0.05) is 30.3 Å². The van der Waals surface area contributed by atoms with Gasteiger partial charge in [-0.25, -0.2) is 8.42 Å². The highest BCUT2D eigenvalue weighted by atomic mass is 35.5. The van der Waals surface area contributed by atoms with Gasteiger partial charge < -0.3 is 0 Å². The predicted octanol–water partition coefficient (Wildman–Crippen LogP) is 3.82. The minimum atomic E-state index is -3.42. The number of sulfone groups is 1. The van der Waals surface area contributed by atoms with Crippen LogP contribution in [0.25, 0.3) is 0 Å². The van der Waals surface area contributed by atoms with Crippen molar-refractivity contribution >= 4 is 21.4 Å². The van der Waals surface area contributed by atoms with Crippen LogP contribution in [-0.4, -0.2) is 8.42 Å². The highest BCUT2D eigenvalue weighted by Gasteiger charge is 2.17. The molecule has 0 amide bonds. The van der Waals surface area contributed by atoms with E-state index in [-0.39, 0.29) is 10.3 Å². The van der Waals surface area contributed by atoms with Crippen LogP contribution in [0.4, 0.5) is 0 Å². The van der Waals surface area contributed by atoms with E-state index in [1.807, 2.05) is 6.92 Å². The van der Waals surface area contributed by atoms with E-state index >= 15 is 0 Å². The van der Waals surface area contributed by atoms with Crippen molar-refractivity contribution in [1.29, 1.82) is 0 Å². The maximum absolute atomic E-state index is 12.3. The van der Waals surface area contributed by atoms with Gasteiger partial charge in [-0.15, -0.1) is 11.6 Å². The van der Waals surface area contributed by atoms with Crippen LogP contribution < -0.4 is 0 Å². The molecule has 0 fully saturated rings. The molecule has 0 heterocycles. The van der Waals surface area contributed by atoms with E-state index in [0.717, 1.165) is 5.56 Å². The molecule has 0 saturated heterocycles. The third kappa shape index (κ3) is 2.57. The largest absolute Gasteiger partial charge is 0.219 e. The zero-order valence-corrected chi connectivity index (χ0v) is 11.4. The van der Waals surface area contributed by atoms with Crippen molar-refractivity contribution in [1.82, 2.24) is 0 Å². The van der Waals surface area contributed by atoms with Gasteiger partial charge in [0.1, 0.15) is 0 Å². The second-order valence-electron chi connectivity index (χ2n) is 4.00. The molecule has 0 aromatic heterocycles. The number of hydrogen-bond acceptors (Lipinski definition) is 2. The number of alkyl halides is 1. The van der Waals surface area contributed by atoms with Gasteiger partial charge in [0.2, 0.25) is 9.84 Å². The van der Waals surface area contributed by atoms with E-state index in [9.17, 15) is 8.42 Å². The summed E-state index contributed by atoms with van der Waals surface area (Å²) in [5, 5.41) is -0.126. The molecule has 0 bridgehead atoms. The minimum Gasteiger partial charge on any atom is -0.219 e. The van der Waals surface area contributed by atoms with Crippen LogP contribution >= 0.6 is 11.6 Å². The molecule has 0 spiro atoms. The van der Waals surface area contributed by atoms with Crippen LogP contribution in [0.1, 0.15) is 17.9 Å². The lowest BCUT2D eigenvalue weighted by Gasteiger charge is -2.07. The second kappa shape index (κ2) is 5.12. The van der Waals surface area contributed by atoms with E-state index in [1.54, 1.807) is 54.6 Å². The molecule has 2 rings (SSSR count). The van der Waals surface area contributed by atoms with Gasteiger partial charge in [0, 0.05) is 0 Å². The minimum absolute atomic E-state index is 0.126. The summed E-state index contributed by atoms with van der Waals surface area (Å²) in [6, 6.07) is 15.1. The lowest BCUT2D eigenvalue weighted by molar-refractivity contribution is 0.596. The Morgan fingerprint density at radius 1 is 0.889 bits per heavy atom. The first-order chi connectivity index (χ1) is 8.51. The molecule has 1 unspecified atom stereocenters. The zero-order valence-electron chi connectivity index (χ0n) is 9.88. The molecule has 0 aliphatic heterocycles. The summed E-state index contributed by atoms with van der Waals surface area (Å²) in [4.78, 5) is 0.589. The van der Waals surface area contributed by atoms with E-state index in [0.29, 0.717) is 4.90 Å². The Balaban J connectivity index is 2.43. The third-order valence-corrected chi connectivity index (χ3v) is 4.74. The number of benzene rings is 2. The fourth-order valence-corrected chi connectivity index (χ4v) is 3.08. The Labute approximate surface area is 112 Å². The Hall–Kier alpha value is -1.32. The van der Waals surface area contributed by atoms with Crippen LogP contribution in [0.15, 0.2) is 64.4 Å². The Morgan fingerprint density at radius 3 is 1.89 bits per heavy atom. The molecule has 2 aromatic carbocycles. The summed E-state index contributed by atoms with van der Waals surface area (Å²) in [5.41, 5.74) is 0.906. The highest BCUT2D eigenvalue weighted by Crippen LogP contribution is 2.24. The first-order valence-corrected chi connectivity index (χ1v) is 7.48. The molecule has 2 aromatic rings. The van der Waals surface area contributed by atoms with Crippen molar-refractivity contribution in [2.75, 3.05) is 0 Å². The standard InChI is InChI=1S/C14H13ClO2S/c1-11(15)12-7-9-14(10-8-12)18(16,17)13-5-3-2-4-6-13/h2-11H,1H3. The Morgan fingerprint density at radius 2 is 1.39 bits per heavy atom. The maximum atomic E-state index is 12.3. The number of hydrogen-bond donors (Lipinski definition) is 0. The molecular weight excluding hydrogens is 268 g/mol. The van der Waals surface area contributed by atoms with Crippen LogP contribution in [0.5, 0.6) is 0 Å². The molecule has 0 saturated carbocycles. The summed E-state index contributed by atoms with van der Waals surface area (Å²) >= 11 is 5.94. The first-order valence-electron chi connectivity index (χ1n) is 5.56. The molecule has 1 atom stereocenters. The van der Waals surface area contributed by atoms with E-state index in [4.69, 9.17) is 11.6 Å². The van der Waals surface area contributed by atoms with Gasteiger partial charge >= 0.3 is 0 Å². The molecular formula is C14H13ClO2S. The van der Waals surface area contributed by atoms with E-state index in [1.165, 1.54) is 0 Å². The van der Waals surface area contributed by atoms with Crippen molar-refractivity contribution < 1.29 is 8.42 Å². The summed E-state index contributed by atoms with van der Waals surface area (Å²) in [6.45, 7) is 1.85. The van der Waals surface area contributed by atoms with Gasteiger partial charge in [-0.3, -0.25) is 0 Å². The lowest BCUT2D eigenvalue weighted by atomic mass is 10.2. The monoisotopic (exact) mass is 280 g/mol. The molecule has 0 radical (unpaired) electrons. The maximum Gasteiger partial charge on any atom is 0.206 e. The molecule has 0 N–H and O–H groups in total. The van der Waals surface area contributed by atoms with Gasteiger partial charge in [-0.2, -0.15) is 0 Å². The molecule has 18 heavy (non-hydrogen) atoms. The number of rotatable bonds is 3. The topological polar surface area (TPSA) is 34.1 Å². The van der Waals surface area contributed by atoms with E-state index < -0.39 is 9.84 Å². The zero-order chi connectivity index (χ0) is 13.2. The summed E-state index contributed by atoms with van der Waals surface area (Å²) < 4.78 is 24.6. The van der Waals surface area contributed by atoms with Crippen molar-refractivity contribution in [3.63, 3.8) is 0 Å². The highest BCUT2D eigenvalue weighted by molar-refractivity contribution is 7.91. The summed E-state index contributed by atoms with van der Waals surface area (Å²) in [6.07, 6.45) is 0. The van der Waals surface area contributed by atoms with Gasteiger partial charge in [0.25, 0.3) is 0 Å². The SMILES string of the molecule is CC(Cl)c1ccc(S(=O)(=O)c2ccccc2)cc1. The van der Waals surface area contributed by atoms with Gasteiger partial charge in [0.05, 0.1) is 15.2 Å². The second-order valence-corrected chi connectivity index (χ2v) is 6.61. The summed E-state index contributed by atoms with van der Waals surface area (Å²) in [5.74, 6) is 0.